The molecule has 2 heterocycles. The van der Waals surface area contributed by atoms with Gasteiger partial charge in [0, 0.05) is 19.1 Å². The number of rotatable bonds is 2. The molecule has 2 fully saturated rings. The van der Waals surface area contributed by atoms with E-state index in [2.05, 4.69) is 17.1 Å². The maximum absolute atomic E-state index is 3.68. The zero-order chi connectivity index (χ0) is 9.80. The average molecular weight is 196 g/mol. The highest BCUT2D eigenvalue weighted by Gasteiger charge is 2.21. The van der Waals surface area contributed by atoms with Crippen molar-refractivity contribution >= 4 is 0 Å². The van der Waals surface area contributed by atoms with E-state index in [0.29, 0.717) is 0 Å². The van der Waals surface area contributed by atoms with Crippen LogP contribution in [0.4, 0.5) is 0 Å². The smallest absolute Gasteiger partial charge is 0.0195 e. The summed E-state index contributed by atoms with van der Waals surface area (Å²) in [5.41, 5.74) is 0. The van der Waals surface area contributed by atoms with Crippen LogP contribution in [0, 0.1) is 5.92 Å². The normalized spacial score (nSPS) is 35.8. The van der Waals surface area contributed by atoms with E-state index in [4.69, 9.17) is 0 Å². The summed E-state index contributed by atoms with van der Waals surface area (Å²) in [5.74, 6) is 0.931. The third kappa shape index (κ3) is 2.96. The van der Waals surface area contributed by atoms with Gasteiger partial charge in [0.25, 0.3) is 0 Å². The first-order valence-electron chi connectivity index (χ1n) is 6.30. The number of likely N-dealkylation sites (tertiary alicyclic amines) is 1. The molecule has 0 bridgehead atoms. The second-order valence-electron chi connectivity index (χ2n) is 5.15. The van der Waals surface area contributed by atoms with E-state index in [0.717, 1.165) is 12.0 Å². The van der Waals surface area contributed by atoms with Crippen LogP contribution < -0.4 is 5.32 Å². The molecule has 2 aliphatic rings. The molecule has 0 aromatic rings. The van der Waals surface area contributed by atoms with Crippen molar-refractivity contribution in [2.75, 3.05) is 26.2 Å². The first kappa shape index (κ1) is 10.4. The molecule has 0 aromatic heterocycles. The molecule has 0 spiro atoms. The molecule has 2 aliphatic heterocycles. The van der Waals surface area contributed by atoms with E-state index in [9.17, 15) is 0 Å². The molecule has 2 nitrogen and oxygen atoms in total. The van der Waals surface area contributed by atoms with E-state index in [1.54, 1.807) is 0 Å². The highest BCUT2D eigenvalue weighted by molar-refractivity contribution is 4.79. The molecule has 82 valence electrons. The molecule has 0 saturated carbocycles. The summed E-state index contributed by atoms with van der Waals surface area (Å²) in [6.07, 6.45) is 7.05. The van der Waals surface area contributed by atoms with Crippen molar-refractivity contribution in [3.8, 4) is 0 Å². The zero-order valence-electron chi connectivity index (χ0n) is 9.47. The molecule has 1 N–H and O–H groups in total. The lowest BCUT2D eigenvalue weighted by Gasteiger charge is -2.23. The topological polar surface area (TPSA) is 15.3 Å². The molecule has 0 aromatic carbocycles. The van der Waals surface area contributed by atoms with Gasteiger partial charge in [0.2, 0.25) is 0 Å². The first-order valence-corrected chi connectivity index (χ1v) is 6.30. The van der Waals surface area contributed by atoms with E-state index >= 15 is 0 Å². The van der Waals surface area contributed by atoms with Crippen LogP contribution in [0.25, 0.3) is 0 Å². The fraction of sp³-hybridized carbons (Fsp3) is 1.00. The Balaban J connectivity index is 1.72. The number of nitrogens with one attached hydrogen (secondary N) is 1. The van der Waals surface area contributed by atoms with Crippen LogP contribution in [-0.2, 0) is 0 Å². The molecular weight excluding hydrogens is 172 g/mol. The first-order chi connectivity index (χ1) is 6.84. The van der Waals surface area contributed by atoms with Gasteiger partial charge in [-0.25, -0.2) is 0 Å². The van der Waals surface area contributed by atoms with Crippen molar-refractivity contribution in [1.29, 1.82) is 0 Å². The second-order valence-corrected chi connectivity index (χ2v) is 5.15. The number of hydrogen-bond acceptors (Lipinski definition) is 2. The van der Waals surface area contributed by atoms with Crippen LogP contribution in [-0.4, -0.2) is 37.1 Å². The Hall–Kier alpha value is -0.0800. The minimum Gasteiger partial charge on any atom is -0.313 e. The van der Waals surface area contributed by atoms with Crippen molar-refractivity contribution in [1.82, 2.24) is 10.2 Å². The SMILES string of the molecule is CC1CCN(CC2CCCCCN2)C1. The van der Waals surface area contributed by atoms with E-state index in [-0.39, 0.29) is 0 Å². The number of hydrogen-bond donors (Lipinski definition) is 1. The molecule has 0 aliphatic carbocycles. The van der Waals surface area contributed by atoms with Gasteiger partial charge in [-0.1, -0.05) is 19.8 Å². The molecule has 14 heavy (non-hydrogen) atoms. The van der Waals surface area contributed by atoms with E-state index in [1.165, 1.54) is 58.3 Å². The number of nitrogens with zero attached hydrogens (tertiary/aromatic N) is 1. The van der Waals surface area contributed by atoms with Crippen LogP contribution in [0.2, 0.25) is 0 Å². The van der Waals surface area contributed by atoms with Crippen LogP contribution >= 0.6 is 0 Å². The van der Waals surface area contributed by atoms with E-state index < -0.39 is 0 Å². The van der Waals surface area contributed by atoms with Crippen LogP contribution in [0.15, 0.2) is 0 Å². The van der Waals surface area contributed by atoms with Gasteiger partial charge in [-0.2, -0.15) is 0 Å². The van der Waals surface area contributed by atoms with Gasteiger partial charge in [0.15, 0.2) is 0 Å². The van der Waals surface area contributed by atoms with E-state index in [1.807, 2.05) is 0 Å². The molecule has 2 heteroatoms. The molecular formula is C12H24N2. The average Bonchev–Trinajstić information content (AvgIpc) is 2.43. The lowest BCUT2D eigenvalue weighted by Crippen LogP contribution is -2.39. The predicted molar refractivity (Wildman–Crippen MR) is 60.5 cm³/mol. The third-order valence-electron chi connectivity index (χ3n) is 3.65. The van der Waals surface area contributed by atoms with Crippen LogP contribution in [0.5, 0.6) is 0 Å². The van der Waals surface area contributed by atoms with Crippen LogP contribution in [0.3, 0.4) is 0 Å². The van der Waals surface area contributed by atoms with Crippen molar-refractivity contribution in [2.24, 2.45) is 5.92 Å². The molecule has 0 amide bonds. The Morgan fingerprint density at radius 2 is 2.14 bits per heavy atom. The maximum atomic E-state index is 3.68. The monoisotopic (exact) mass is 196 g/mol. The van der Waals surface area contributed by atoms with Crippen molar-refractivity contribution < 1.29 is 0 Å². The second kappa shape index (κ2) is 5.13. The Bertz CT molecular complexity index is 162. The van der Waals surface area contributed by atoms with Crippen molar-refractivity contribution in [2.45, 2.75) is 45.1 Å². The van der Waals surface area contributed by atoms with Crippen molar-refractivity contribution in [3.63, 3.8) is 0 Å². The zero-order valence-corrected chi connectivity index (χ0v) is 9.47. The quantitative estimate of drug-likeness (QED) is 0.725. The molecule has 2 atom stereocenters. The minimum atomic E-state index is 0.780. The predicted octanol–water partition coefficient (Wildman–Crippen LogP) is 1.86. The van der Waals surface area contributed by atoms with Gasteiger partial charge >= 0.3 is 0 Å². The summed E-state index contributed by atoms with van der Waals surface area (Å²) in [7, 11) is 0. The Kier molecular flexibility index (Phi) is 3.82. The Morgan fingerprint density at radius 3 is 2.93 bits per heavy atom. The standard InChI is InChI=1S/C12H24N2/c1-11-6-8-14(9-11)10-12-5-3-2-4-7-13-12/h11-13H,2-10H2,1H3. The van der Waals surface area contributed by atoms with Crippen molar-refractivity contribution in [3.05, 3.63) is 0 Å². The third-order valence-corrected chi connectivity index (χ3v) is 3.65. The summed E-state index contributed by atoms with van der Waals surface area (Å²) in [6, 6.07) is 0.780. The Labute approximate surface area is 88.1 Å². The van der Waals surface area contributed by atoms with Gasteiger partial charge in [-0.15, -0.1) is 0 Å². The summed E-state index contributed by atoms with van der Waals surface area (Å²) < 4.78 is 0. The van der Waals surface area contributed by atoms with Gasteiger partial charge in [-0.05, 0) is 38.3 Å². The van der Waals surface area contributed by atoms with Gasteiger partial charge in [0.1, 0.15) is 0 Å². The summed E-state index contributed by atoms with van der Waals surface area (Å²) in [4.78, 5) is 2.65. The maximum Gasteiger partial charge on any atom is 0.0195 e. The van der Waals surface area contributed by atoms with Crippen LogP contribution in [0.1, 0.15) is 39.0 Å². The van der Waals surface area contributed by atoms with Gasteiger partial charge < -0.3 is 10.2 Å². The van der Waals surface area contributed by atoms with Gasteiger partial charge in [0.05, 0.1) is 0 Å². The minimum absolute atomic E-state index is 0.780. The Morgan fingerprint density at radius 1 is 1.21 bits per heavy atom. The highest BCUT2D eigenvalue weighted by Crippen LogP contribution is 2.17. The fourth-order valence-corrected chi connectivity index (χ4v) is 2.76. The molecule has 2 unspecified atom stereocenters. The molecule has 2 rings (SSSR count). The molecule has 2 saturated heterocycles. The molecule has 0 radical (unpaired) electrons. The lowest BCUT2D eigenvalue weighted by molar-refractivity contribution is 0.280. The summed E-state index contributed by atoms with van der Waals surface area (Å²) >= 11 is 0. The lowest BCUT2D eigenvalue weighted by atomic mass is 10.1. The fourth-order valence-electron chi connectivity index (χ4n) is 2.76. The van der Waals surface area contributed by atoms with Gasteiger partial charge in [-0.3, -0.25) is 0 Å². The summed E-state index contributed by atoms with van der Waals surface area (Å²) in [5, 5.41) is 3.68. The summed E-state index contributed by atoms with van der Waals surface area (Å²) in [6.45, 7) is 7.58. The largest absolute Gasteiger partial charge is 0.313 e. The highest BCUT2D eigenvalue weighted by atomic mass is 15.2.